The van der Waals surface area contributed by atoms with E-state index in [-0.39, 0.29) is 39.9 Å². The van der Waals surface area contributed by atoms with Gasteiger partial charge in [0.2, 0.25) is 16.4 Å². The van der Waals surface area contributed by atoms with E-state index in [1.54, 1.807) is 19.9 Å². The molecule has 1 aromatic heterocycles. The molecular formula is C23H25ClFN3O6S. The van der Waals surface area contributed by atoms with Crippen molar-refractivity contribution in [2.45, 2.75) is 50.8 Å². The van der Waals surface area contributed by atoms with Gasteiger partial charge in [0, 0.05) is 11.5 Å². The number of hydrogen-bond acceptors (Lipinski definition) is 7. The van der Waals surface area contributed by atoms with Crippen LogP contribution in [0.1, 0.15) is 54.3 Å². The number of nitrogens with zero attached hydrogens (tertiary/aromatic N) is 3. The molecule has 0 saturated carbocycles. The molecule has 9 nitrogen and oxygen atoms in total. The van der Waals surface area contributed by atoms with E-state index in [0.29, 0.717) is 5.56 Å². The molecule has 1 aliphatic heterocycles. The van der Waals surface area contributed by atoms with E-state index >= 15 is 4.39 Å². The van der Waals surface area contributed by atoms with Gasteiger partial charge in [-0.25, -0.2) is 17.6 Å². The summed E-state index contributed by atoms with van der Waals surface area (Å²) in [5.74, 6) is -2.34. The van der Waals surface area contributed by atoms with Crippen molar-refractivity contribution < 1.29 is 27.1 Å². The lowest BCUT2D eigenvalue weighted by molar-refractivity contribution is 0.162. The second kappa shape index (κ2) is 9.38. The van der Waals surface area contributed by atoms with Crippen LogP contribution in [0.3, 0.4) is 0 Å². The highest BCUT2D eigenvalue weighted by Crippen LogP contribution is 2.43. The first-order valence-corrected chi connectivity index (χ1v) is 12.7. The summed E-state index contributed by atoms with van der Waals surface area (Å²) in [5, 5.41) is 14.3. The first-order valence-electron chi connectivity index (χ1n) is 10.9. The highest BCUT2D eigenvalue weighted by molar-refractivity contribution is 7.89. The van der Waals surface area contributed by atoms with Crippen molar-refractivity contribution in [3.05, 3.63) is 74.3 Å². The molecule has 0 unspecified atom stereocenters. The Hall–Kier alpha value is -2.73. The van der Waals surface area contributed by atoms with Gasteiger partial charge in [-0.2, -0.15) is 8.99 Å². The fourth-order valence-corrected chi connectivity index (χ4v) is 6.62. The van der Waals surface area contributed by atoms with Crippen LogP contribution < -0.4 is 10.5 Å². The van der Waals surface area contributed by atoms with Crippen molar-refractivity contribution in [1.29, 1.82) is 0 Å². The predicted molar refractivity (Wildman–Crippen MR) is 126 cm³/mol. The van der Waals surface area contributed by atoms with Crippen molar-refractivity contribution >= 4 is 21.6 Å². The normalized spacial score (nSPS) is 18.3. The third-order valence-electron chi connectivity index (χ3n) is 6.36. The average Bonchev–Trinajstić information content (AvgIpc) is 3.15. The van der Waals surface area contributed by atoms with Crippen LogP contribution in [-0.2, 0) is 10.0 Å². The summed E-state index contributed by atoms with van der Waals surface area (Å²) in [4.78, 5) is 12.3. The highest BCUT2D eigenvalue weighted by atomic mass is 35.5. The second-order valence-corrected chi connectivity index (χ2v) is 10.7. The van der Waals surface area contributed by atoms with Crippen LogP contribution >= 0.6 is 11.6 Å². The van der Waals surface area contributed by atoms with Crippen LogP contribution in [-0.4, -0.2) is 40.8 Å². The van der Waals surface area contributed by atoms with Gasteiger partial charge >= 0.3 is 5.76 Å². The number of aliphatic hydroxyl groups excluding tert-OH is 1. The second-order valence-electron chi connectivity index (χ2n) is 8.48. The maximum absolute atomic E-state index is 15.1. The lowest BCUT2D eigenvalue weighted by Gasteiger charge is -2.33. The average molecular weight is 526 g/mol. The summed E-state index contributed by atoms with van der Waals surface area (Å²) in [6.45, 7) is 6.33. The number of ether oxygens (including phenoxy) is 1. The maximum Gasteiger partial charge on any atom is 0.438 e. The number of aromatic nitrogens is 2. The number of sulfonamides is 1. The smallest absolute Gasteiger partial charge is 0.438 e. The molecule has 35 heavy (non-hydrogen) atoms. The number of benzene rings is 2. The summed E-state index contributed by atoms with van der Waals surface area (Å²) in [5.41, 5.74) is 1.83. The molecule has 0 aliphatic carbocycles. The molecule has 2 aromatic carbocycles. The van der Waals surface area contributed by atoms with Gasteiger partial charge in [-0.15, -0.1) is 5.10 Å². The summed E-state index contributed by atoms with van der Waals surface area (Å²) < 4.78 is 55.6. The largest absolute Gasteiger partial charge is 0.490 e. The van der Waals surface area contributed by atoms with Crippen molar-refractivity contribution in [2.75, 3.05) is 13.2 Å². The van der Waals surface area contributed by atoms with Crippen LogP contribution in [0.4, 0.5) is 4.39 Å². The quantitative estimate of drug-likeness (QED) is 0.540. The fraction of sp³-hybridized carbons (Fsp3) is 0.391. The zero-order chi connectivity index (χ0) is 25.7. The van der Waals surface area contributed by atoms with Gasteiger partial charge in [0.25, 0.3) is 0 Å². The molecule has 3 atom stereocenters. The Morgan fingerprint density at radius 2 is 1.89 bits per heavy atom. The SMILES string of the molecule is Cc1ccc(F)c([C@@H](C)[C@H](N2CCOc3c(ccc(Cl)c3[C@H](C)O)S2(=O)=O)n2ncoc2=O)c1C. The van der Waals surface area contributed by atoms with E-state index < -0.39 is 39.8 Å². The van der Waals surface area contributed by atoms with E-state index in [1.807, 2.05) is 6.92 Å². The topological polar surface area (TPSA) is 115 Å². The summed E-state index contributed by atoms with van der Waals surface area (Å²) >= 11 is 6.23. The Morgan fingerprint density at radius 3 is 2.51 bits per heavy atom. The molecule has 0 spiro atoms. The molecule has 0 bridgehead atoms. The Bertz CT molecular complexity index is 1440. The molecule has 2 heterocycles. The molecule has 1 N–H and O–H groups in total. The molecule has 0 amide bonds. The minimum atomic E-state index is -4.35. The standard InChI is InChI=1S/C23H25ClFN3O6S/c1-12-5-7-17(25)19(13(12)2)14(3)22(28-23(30)34-11-26-28)27-9-10-33-21-18(35(27,31)32)8-6-16(24)20(21)15(4)29/h5-8,11,14-15,22,29H,9-10H2,1-4H3/t14-,15+,22-/m1/s1. The van der Waals surface area contributed by atoms with Crippen LogP contribution in [0.5, 0.6) is 5.75 Å². The molecule has 1 aliphatic rings. The molecule has 188 valence electrons. The van der Waals surface area contributed by atoms with E-state index in [9.17, 15) is 18.3 Å². The predicted octanol–water partition coefficient (Wildman–Crippen LogP) is 3.68. The van der Waals surface area contributed by atoms with Crippen LogP contribution in [0, 0.1) is 19.7 Å². The van der Waals surface area contributed by atoms with Gasteiger partial charge < -0.3 is 14.3 Å². The number of hydrogen-bond donors (Lipinski definition) is 1. The fourth-order valence-electron chi connectivity index (χ4n) is 4.55. The molecule has 12 heteroatoms. The van der Waals surface area contributed by atoms with E-state index in [1.165, 1.54) is 25.1 Å². The van der Waals surface area contributed by atoms with Gasteiger partial charge in [-0.05, 0) is 55.7 Å². The number of rotatable bonds is 5. The number of aliphatic hydroxyl groups is 1. The third-order valence-corrected chi connectivity index (χ3v) is 8.58. The van der Waals surface area contributed by atoms with Crippen LogP contribution in [0.25, 0.3) is 0 Å². The highest BCUT2D eigenvalue weighted by Gasteiger charge is 2.43. The zero-order valence-electron chi connectivity index (χ0n) is 19.5. The number of fused-ring (bicyclic) bond motifs is 1. The monoisotopic (exact) mass is 525 g/mol. The van der Waals surface area contributed by atoms with Crippen LogP contribution in [0.15, 0.2) is 44.8 Å². The first-order chi connectivity index (χ1) is 16.5. The number of aryl methyl sites for hydroxylation is 1. The van der Waals surface area contributed by atoms with Gasteiger partial charge in [-0.1, -0.05) is 24.6 Å². The van der Waals surface area contributed by atoms with Crippen molar-refractivity contribution in [2.24, 2.45) is 0 Å². The Kier molecular flexibility index (Phi) is 6.80. The van der Waals surface area contributed by atoms with E-state index in [0.717, 1.165) is 20.9 Å². The molecule has 0 fully saturated rings. The molecule has 3 aromatic rings. The van der Waals surface area contributed by atoms with Crippen molar-refractivity contribution in [3.8, 4) is 5.75 Å². The van der Waals surface area contributed by atoms with Gasteiger partial charge in [0.1, 0.15) is 29.2 Å². The van der Waals surface area contributed by atoms with E-state index in [2.05, 4.69) is 5.10 Å². The van der Waals surface area contributed by atoms with Crippen molar-refractivity contribution in [3.63, 3.8) is 0 Å². The lowest BCUT2D eigenvalue weighted by Crippen LogP contribution is -2.44. The van der Waals surface area contributed by atoms with Gasteiger partial charge in [0.05, 0.1) is 17.7 Å². The summed E-state index contributed by atoms with van der Waals surface area (Å²) in [7, 11) is -4.35. The molecule has 4 rings (SSSR count). The third kappa shape index (κ3) is 4.26. The molecular weight excluding hydrogens is 501 g/mol. The maximum atomic E-state index is 15.1. The Labute approximate surface area is 206 Å². The summed E-state index contributed by atoms with van der Waals surface area (Å²) in [6, 6.07) is 5.58. The zero-order valence-corrected chi connectivity index (χ0v) is 21.1. The Morgan fingerprint density at radius 1 is 1.17 bits per heavy atom. The minimum absolute atomic E-state index is 0.0631. The Balaban J connectivity index is 1.95. The van der Waals surface area contributed by atoms with Crippen molar-refractivity contribution in [1.82, 2.24) is 14.1 Å². The van der Waals surface area contributed by atoms with Gasteiger partial charge in [-0.3, -0.25) is 0 Å². The minimum Gasteiger partial charge on any atom is -0.490 e. The van der Waals surface area contributed by atoms with Crippen LogP contribution in [0.2, 0.25) is 5.02 Å². The van der Waals surface area contributed by atoms with Gasteiger partial charge in [0.15, 0.2) is 0 Å². The molecule has 0 saturated heterocycles. The summed E-state index contributed by atoms with van der Waals surface area (Å²) in [6.07, 6.45) is -1.47. The first kappa shape index (κ1) is 25.4. The number of halogens is 2. The van der Waals surface area contributed by atoms with E-state index in [4.69, 9.17) is 20.8 Å². The lowest BCUT2D eigenvalue weighted by atomic mass is 9.90. The molecule has 0 radical (unpaired) electrons.